The topological polar surface area (TPSA) is 156 Å². The molecule has 9 heteroatoms. The zero-order valence-electron chi connectivity index (χ0n) is 27.2. The van der Waals surface area contributed by atoms with Gasteiger partial charge in [0.1, 0.15) is 23.2 Å². The van der Waals surface area contributed by atoms with E-state index in [1.807, 2.05) is 19.9 Å². The smallest absolute Gasteiger partial charge is 0.194 e. The molecular formula is C36H42O9. The summed E-state index contributed by atoms with van der Waals surface area (Å²) in [6.07, 6.45) is 0.849. The maximum atomic E-state index is 14.5. The van der Waals surface area contributed by atoms with Gasteiger partial charge in [-0.15, -0.1) is 0 Å². The van der Waals surface area contributed by atoms with Crippen LogP contribution in [0.4, 0.5) is 0 Å². The zero-order valence-corrected chi connectivity index (χ0v) is 27.2. The Morgan fingerprint density at radius 2 is 1.64 bits per heavy atom. The molecule has 1 aromatic carbocycles. The van der Waals surface area contributed by atoms with Crippen molar-refractivity contribution >= 4 is 34.7 Å². The minimum Gasteiger partial charge on any atom is -0.507 e. The van der Waals surface area contributed by atoms with Gasteiger partial charge in [0.15, 0.2) is 40.3 Å². The number of ketones is 6. The molecule has 2 saturated carbocycles. The van der Waals surface area contributed by atoms with Crippen LogP contribution in [0.1, 0.15) is 111 Å². The van der Waals surface area contributed by atoms with Gasteiger partial charge in [0.05, 0.1) is 11.5 Å². The van der Waals surface area contributed by atoms with Gasteiger partial charge in [0.2, 0.25) is 0 Å². The summed E-state index contributed by atoms with van der Waals surface area (Å²) >= 11 is 0. The molecule has 1 aromatic heterocycles. The quantitative estimate of drug-likeness (QED) is 0.329. The van der Waals surface area contributed by atoms with E-state index < -0.39 is 69.0 Å². The maximum absolute atomic E-state index is 14.5. The number of aromatic hydroxyl groups is 1. The van der Waals surface area contributed by atoms with Crippen molar-refractivity contribution < 1.29 is 43.4 Å². The number of hydrogen-bond donors (Lipinski definition) is 2. The second-order valence-corrected chi connectivity index (χ2v) is 14.6. The van der Waals surface area contributed by atoms with Crippen molar-refractivity contribution in [2.45, 2.75) is 92.6 Å². The molecule has 0 radical (unpaired) electrons. The summed E-state index contributed by atoms with van der Waals surface area (Å²) in [4.78, 5) is 80.9. The number of carbonyl (C=O) groups is 6. The maximum Gasteiger partial charge on any atom is 0.194 e. The van der Waals surface area contributed by atoms with Crippen LogP contribution < -0.4 is 0 Å². The second kappa shape index (κ2) is 10.7. The van der Waals surface area contributed by atoms with Crippen LogP contribution in [0.15, 0.2) is 22.6 Å². The van der Waals surface area contributed by atoms with Crippen molar-refractivity contribution in [3.8, 4) is 5.75 Å². The fourth-order valence-electron chi connectivity index (χ4n) is 8.95. The van der Waals surface area contributed by atoms with E-state index in [-0.39, 0.29) is 48.0 Å². The fraction of sp³-hybridized carbons (Fsp3) is 0.556. The van der Waals surface area contributed by atoms with Crippen molar-refractivity contribution in [3.05, 3.63) is 52.0 Å². The molecule has 1 heterocycles. The normalized spacial score (nSPS) is 31.2. The molecule has 0 saturated heterocycles. The highest BCUT2D eigenvalue weighted by Gasteiger charge is 2.76. The standard InChI is InChI=1S/C36H42O9/c1-16(2)22-13-20(9-10-21-11-12-24(45-21)18(5)37)29(39)26-23(22)14-34(7)15-35(8)27(17(3)4)30(40)25(19(6)38)32(42)36(35,44)33(43)28(34)31(26)41/h11-13,16-17,25,27-28,39,44H,9-10,14-15H2,1-8H3/t25?,27?,28?,34-,35-,36+/m1/s1. The van der Waals surface area contributed by atoms with Gasteiger partial charge < -0.3 is 14.6 Å². The third kappa shape index (κ3) is 4.52. The van der Waals surface area contributed by atoms with E-state index >= 15 is 0 Å². The first kappa shape index (κ1) is 32.7. The number of rotatable bonds is 7. The number of aliphatic hydroxyl groups is 1. The van der Waals surface area contributed by atoms with E-state index in [0.29, 0.717) is 23.3 Å². The summed E-state index contributed by atoms with van der Waals surface area (Å²) in [7, 11) is 0. The van der Waals surface area contributed by atoms with Crippen molar-refractivity contribution in [1.29, 1.82) is 0 Å². The van der Waals surface area contributed by atoms with Crippen LogP contribution in [0.5, 0.6) is 5.75 Å². The predicted octanol–water partition coefficient (Wildman–Crippen LogP) is 4.80. The van der Waals surface area contributed by atoms with E-state index in [4.69, 9.17) is 4.42 Å². The van der Waals surface area contributed by atoms with Gasteiger partial charge in [-0.1, -0.05) is 47.6 Å². The Kier molecular flexibility index (Phi) is 7.75. The van der Waals surface area contributed by atoms with Crippen LogP contribution in [0.3, 0.4) is 0 Å². The second-order valence-electron chi connectivity index (χ2n) is 14.6. The third-order valence-corrected chi connectivity index (χ3v) is 10.8. The first-order valence-electron chi connectivity index (χ1n) is 15.7. The lowest BCUT2D eigenvalue weighted by atomic mass is 9.39. The van der Waals surface area contributed by atoms with Gasteiger partial charge in [-0.05, 0) is 72.3 Å². The number of hydrogen-bond acceptors (Lipinski definition) is 9. The predicted molar refractivity (Wildman–Crippen MR) is 163 cm³/mol. The van der Waals surface area contributed by atoms with Crippen molar-refractivity contribution in [1.82, 2.24) is 0 Å². The molecule has 3 aliphatic carbocycles. The van der Waals surface area contributed by atoms with Crippen molar-refractivity contribution in [2.24, 2.45) is 34.5 Å². The van der Waals surface area contributed by atoms with Crippen LogP contribution in [-0.4, -0.2) is 50.5 Å². The number of phenols is 1. The van der Waals surface area contributed by atoms with Gasteiger partial charge in [-0.2, -0.15) is 0 Å². The highest BCUT2D eigenvalue weighted by molar-refractivity contribution is 6.32. The number of carbonyl (C=O) groups excluding carboxylic acids is 6. The lowest BCUT2D eigenvalue weighted by Crippen LogP contribution is -2.76. The molecule has 0 aliphatic heterocycles. The van der Waals surface area contributed by atoms with Crippen LogP contribution in [0, 0.1) is 34.5 Å². The van der Waals surface area contributed by atoms with Crippen molar-refractivity contribution in [3.63, 3.8) is 0 Å². The minimum atomic E-state index is -2.73. The van der Waals surface area contributed by atoms with Crippen LogP contribution in [0.25, 0.3) is 0 Å². The zero-order chi connectivity index (χ0) is 33.5. The Morgan fingerprint density at radius 3 is 2.18 bits per heavy atom. The monoisotopic (exact) mass is 618 g/mol. The number of furan rings is 1. The number of fused-ring (bicyclic) bond motifs is 3. The molecule has 5 rings (SSSR count). The first-order valence-corrected chi connectivity index (χ1v) is 15.7. The molecular weight excluding hydrogens is 576 g/mol. The molecule has 45 heavy (non-hydrogen) atoms. The molecule has 0 spiro atoms. The average Bonchev–Trinajstić information content (AvgIpc) is 3.39. The number of phenolic OH excluding ortho intramolecular Hbond substituents is 1. The minimum absolute atomic E-state index is 0.00552. The largest absolute Gasteiger partial charge is 0.507 e. The van der Waals surface area contributed by atoms with Crippen LogP contribution in [0.2, 0.25) is 0 Å². The van der Waals surface area contributed by atoms with Gasteiger partial charge in [0, 0.05) is 24.7 Å². The lowest BCUT2D eigenvalue weighted by Gasteiger charge is -2.62. The van der Waals surface area contributed by atoms with E-state index in [9.17, 15) is 39.0 Å². The van der Waals surface area contributed by atoms with E-state index in [1.165, 1.54) is 6.92 Å². The summed E-state index contributed by atoms with van der Waals surface area (Å²) in [6.45, 7) is 13.3. The Bertz CT molecular complexity index is 1670. The van der Waals surface area contributed by atoms with Crippen LogP contribution >= 0.6 is 0 Å². The highest BCUT2D eigenvalue weighted by Crippen LogP contribution is 2.64. The van der Waals surface area contributed by atoms with E-state index in [2.05, 4.69) is 0 Å². The summed E-state index contributed by atoms with van der Waals surface area (Å²) in [5.41, 5.74) is -3.43. The molecule has 240 valence electrons. The highest BCUT2D eigenvalue weighted by atomic mass is 16.3. The molecule has 0 bridgehead atoms. The van der Waals surface area contributed by atoms with Crippen molar-refractivity contribution in [2.75, 3.05) is 0 Å². The summed E-state index contributed by atoms with van der Waals surface area (Å²) in [5, 5.41) is 23.8. The lowest BCUT2D eigenvalue weighted by molar-refractivity contribution is -0.205. The fourth-order valence-corrected chi connectivity index (χ4v) is 8.95. The molecule has 0 amide bonds. The first-order chi connectivity index (χ1) is 20.8. The number of aryl methyl sites for hydroxylation is 2. The molecule has 2 fully saturated rings. The van der Waals surface area contributed by atoms with Gasteiger partial charge in [0.25, 0.3) is 0 Å². The molecule has 2 aromatic rings. The molecule has 2 N–H and O–H groups in total. The van der Waals surface area contributed by atoms with E-state index in [1.54, 1.807) is 39.8 Å². The third-order valence-electron chi connectivity index (χ3n) is 10.8. The Hall–Kier alpha value is -3.72. The van der Waals surface area contributed by atoms with Gasteiger partial charge in [-0.3, -0.25) is 28.8 Å². The number of Topliss-reactive ketones (excluding diaryl/α,β-unsaturated/α-hetero) is 6. The Labute approximate surface area is 262 Å². The molecule has 9 nitrogen and oxygen atoms in total. The Balaban J connectivity index is 1.65. The summed E-state index contributed by atoms with van der Waals surface area (Å²) in [5.74, 6) is -8.57. The van der Waals surface area contributed by atoms with Gasteiger partial charge in [-0.25, -0.2) is 0 Å². The number of benzene rings is 1. The Morgan fingerprint density at radius 1 is 1.00 bits per heavy atom. The molecule has 3 unspecified atom stereocenters. The molecule has 6 atom stereocenters. The molecule has 3 aliphatic rings. The van der Waals surface area contributed by atoms with Crippen LogP contribution in [-0.2, 0) is 38.4 Å². The average molecular weight is 619 g/mol. The summed E-state index contributed by atoms with van der Waals surface area (Å²) in [6, 6.07) is 5.15. The van der Waals surface area contributed by atoms with E-state index in [0.717, 1.165) is 12.5 Å². The van der Waals surface area contributed by atoms with Gasteiger partial charge >= 0.3 is 0 Å². The SMILES string of the molecule is CC(=O)c1ccc(CCc2cc(C(C)C)c3c(c2O)C(=O)C2C(=O)[C@@]4(O)C(=O)C(C(C)=O)C(=O)C(C(C)C)[C@@]4(C)C[C@@]2(C)C3)o1. The summed E-state index contributed by atoms with van der Waals surface area (Å²) < 4.78 is 5.60.